The van der Waals surface area contributed by atoms with Crippen molar-refractivity contribution in [3.63, 3.8) is 0 Å². The molecule has 0 saturated carbocycles. The third kappa shape index (κ3) is 26.7. The second-order valence-electron chi connectivity index (χ2n) is 7.13. The van der Waals surface area contributed by atoms with Gasteiger partial charge in [0.1, 0.15) is 0 Å². The average Bonchev–Trinajstić information content (AvgIpc) is 2.62. The molecule has 0 aromatic heterocycles. The third-order valence-corrected chi connectivity index (χ3v) is 5.26. The molecule has 164 valence electrons. The highest BCUT2D eigenvalue weighted by Crippen LogP contribution is 2.02. The Morgan fingerprint density at radius 1 is 0.481 bits per heavy atom. The fourth-order valence-corrected chi connectivity index (χ4v) is 3.28. The van der Waals surface area contributed by atoms with E-state index in [-0.39, 0.29) is 0 Å². The Morgan fingerprint density at radius 3 is 1.26 bits per heavy atom. The highest BCUT2D eigenvalue weighted by molar-refractivity contribution is 14.1. The predicted molar refractivity (Wildman–Crippen MR) is 121 cm³/mol. The lowest BCUT2D eigenvalue weighted by atomic mass is 10.2. The Bertz CT molecular complexity index is 292. The van der Waals surface area contributed by atoms with Gasteiger partial charge in [0, 0.05) is 6.61 Å². The number of halogens is 1. The molecule has 0 saturated heterocycles. The normalized spacial score (nSPS) is 12.0. The molecule has 0 aliphatic heterocycles. The molecule has 0 aliphatic rings. The van der Waals surface area contributed by atoms with Gasteiger partial charge in [-0.15, -0.1) is 0 Å². The van der Waals surface area contributed by atoms with Crippen molar-refractivity contribution in [2.45, 2.75) is 45.3 Å². The maximum Gasteiger partial charge on any atom is 0.183 e. The van der Waals surface area contributed by atoms with E-state index < -0.39 is 8.32 Å². The van der Waals surface area contributed by atoms with Gasteiger partial charge >= 0.3 is 0 Å². The van der Waals surface area contributed by atoms with Crippen molar-refractivity contribution in [2.75, 3.05) is 77.1 Å². The molecule has 0 aliphatic carbocycles. The van der Waals surface area contributed by atoms with Crippen LogP contribution in [0.4, 0.5) is 0 Å². The zero-order valence-electron chi connectivity index (χ0n) is 17.6. The van der Waals surface area contributed by atoms with Gasteiger partial charge in [-0.3, -0.25) is 0 Å². The van der Waals surface area contributed by atoms with Crippen molar-refractivity contribution in [3.05, 3.63) is 0 Å². The van der Waals surface area contributed by atoms with Crippen LogP contribution < -0.4 is 0 Å². The van der Waals surface area contributed by atoms with Crippen molar-refractivity contribution >= 4 is 30.9 Å². The highest BCUT2D eigenvalue weighted by atomic mass is 127. The smallest absolute Gasteiger partial charge is 0.183 e. The van der Waals surface area contributed by atoms with Crippen molar-refractivity contribution in [1.29, 1.82) is 0 Å². The minimum absolute atomic E-state index is 0.579. The Balaban J connectivity index is 3.01. The van der Waals surface area contributed by atoms with E-state index in [1.54, 1.807) is 0 Å². The number of hydrogen-bond acceptors (Lipinski definition) is 6. The summed E-state index contributed by atoms with van der Waals surface area (Å²) in [4.78, 5) is 0. The topological polar surface area (TPSA) is 55.4 Å². The SMILES string of the molecule is C[Si](C)(C)OCCOCCOCCOCCOCCOCCCCCCI. The predicted octanol–water partition coefficient (Wildman–Crippen LogP) is 3.92. The van der Waals surface area contributed by atoms with Gasteiger partial charge in [-0.2, -0.15) is 0 Å². The molecule has 0 fully saturated rings. The van der Waals surface area contributed by atoms with E-state index in [1.165, 1.54) is 23.7 Å². The maximum atomic E-state index is 5.70. The molecule has 0 heterocycles. The molecule has 8 heteroatoms. The minimum atomic E-state index is -1.42. The zero-order chi connectivity index (χ0) is 20.1. The molecule has 0 aromatic carbocycles. The Kier molecular flexibility index (Phi) is 22.0. The van der Waals surface area contributed by atoms with Crippen LogP contribution in [0, 0.1) is 0 Å². The standard InChI is InChI=1S/C19H41IO6Si/c1-27(2,3)26-19-18-25-17-16-24-15-14-23-13-12-22-11-10-21-9-7-5-4-6-8-20/h4-19H2,1-3H3. The molecular formula is C19H41IO6Si. The largest absolute Gasteiger partial charge is 0.415 e. The summed E-state index contributed by atoms with van der Waals surface area (Å²) in [6, 6.07) is 0. The van der Waals surface area contributed by atoms with Gasteiger partial charge < -0.3 is 28.1 Å². The lowest BCUT2D eigenvalue weighted by Gasteiger charge is -2.16. The first-order chi connectivity index (χ1) is 13.1. The van der Waals surface area contributed by atoms with E-state index in [0.29, 0.717) is 66.1 Å². The van der Waals surface area contributed by atoms with E-state index >= 15 is 0 Å². The summed E-state index contributed by atoms with van der Waals surface area (Å²) in [5.74, 6) is 0. The van der Waals surface area contributed by atoms with Crippen LogP contribution in [-0.2, 0) is 28.1 Å². The fourth-order valence-electron chi connectivity index (χ4n) is 2.04. The summed E-state index contributed by atoms with van der Waals surface area (Å²) in [5.41, 5.74) is 0. The second kappa shape index (κ2) is 21.4. The molecule has 0 amide bonds. The third-order valence-electron chi connectivity index (χ3n) is 3.42. The number of alkyl halides is 1. The first-order valence-corrected chi connectivity index (χ1v) is 15.1. The molecule has 0 bridgehead atoms. The van der Waals surface area contributed by atoms with Crippen LogP contribution in [0.25, 0.3) is 0 Å². The van der Waals surface area contributed by atoms with Gasteiger partial charge in [0.2, 0.25) is 0 Å². The zero-order valence-corrected chi connectivity index (χ0v) is 20.8. The Hall–Kier alpha value is 0.707. The van der Waals surface area contributed by atoms with Crippen LogP contribution in [-0.4, -0.2) is 85.4 Å². The first kappa shape index (κ1) is 27.7. The van der Waals surface area contributed by atoms with E-state index in [2.05, 4.69) is 42.2 Å². The first-order valence-electron chi connectivity index (χ1n) is 10.1. The number of unbranched alkanes of at least 4 members (excludes halogenated alkanes) is 3. The van der Waals surface area contributed by atoms with E-state index in [9.17, 15) is 0 Å². The molecule has 27 heavy (non-hydrogen) atoms. The number of hydrogen-bond donors (Lipinski definition) is 0. The van der Waals surface area contributed by atoms with Gasteiger partial charge in [0.05, 0.1) is 66.1 Å². The lowest BCUT2D eigenvalue weighted by molar-refractivity contribution is -0.0130. The van der Waals surface area contributed by atoms with Crippen LogP contribution in [0.5, 0.6) is 0 Å². The van der Waals surface area contributed by atoms with Crippen LogP contribution in [0.3, 0.4) is 0 Å². The van der Waals surface area contributed by atoms with Crippen LogP contribution in [0.15, 0.2) is 0 Å². The van der Waals surface area contributed by atoms with Crippen molar-refractivity contribution in [3.8, 4) is 0 Å². The number of rotatable bonds is 22. The molecule has 6 nitrogen and oxygen atoms in total. The van der Waals surface area contributed by atoms with Gasteiger partial charge in [-0.1, -0.05) is 35.4 Å². The molecular weight excluding hydrogens is 479 g/mol. The molecule has 0 atom stereocenters. The molecule has 0 unspecified atom stereocenters. The highest BCUT2D eigenvalue weighted by Gasteiger charge is 2.12. The Morgan fingerprint density at radius 2 is 0.852 bits per heavy atom. The maximum absolute atomic E-state index is 5.70. The van der Waals surface area contributed by atoms with Gasteiger partial charge in [-0.05, 0) is 36.9 Å². The van der Waals surface area contributed by atoms with Gasteiger partial charge in [-0.25, -0.2) is 0 Å². The molecule has 0 rings (SSSR count). The van der Waals surface area contributed by atoms with Gasteiger partial charge in [0.25, 0.3) is 0 Å². The molecule has 0 spiro atoms. The lowest BCUT2D eigenvalue weighted by Crippen LogP contribution is -2.27. The van der Waals surface area contributed by atoms with Crippen molar-refractivity contribution in [1.82, 2.24) is 0 Å². The summed E-state index contributed by atoms with van der Waals surface area (Å²) in [6.07, 6.45) is 5.04. The monoisotopic (exact) mass is 520 g/mol. The van der Waals surface area contributed by atoms with Crippen molar-refractivity contribution in [2.24, 2.45) is 0 Å². The molecule has 0 radical (unpaired) electrons. The van der Waals surface area contributed by atoms with Gasteiger partial charge in [0.15, 0.2) is 8.32 Å². The second-order valence-corrected chi connectivity index (χ2v) is 12.7. The molecule has 0 N–H and O–H groups in total. The van der Waals surface area contributed by atoms with Crippen molar-refractivity contribution < 1.29 is 28.1 Å². The summed E-state index contributed by atoms with van der Waals surface area (Å²) < 4.78 is 34.3. The summed E-state index contributed by atoms with van der Waals surface area (Å²) >= 11 is 2.42. The average molecular weight is 521 g/mol. The summed E-state index contributed by atoms with van der Waals surface area (Å²) in [6.45, 7) is 13.5. The van der Waals surface area contributed by atoms with Crippen LogP contribution in [0.2, 0.25) is 19.6 Å². The fraction of sp³-hybridized carbons (Fsp3) is 1.00. The summed E-state index contributed by atoms with van der Waals surface area (Å²) in [7, 11) is -1.42. The quantitative estimate of drug-likeness (QED) is 0.0934. The summed E-state index contributed by atoms with van der Waals surface area (Å²) in [5, 5.41) is 0. The van der Waals surface area contributed by atoms with Crippen LogP contribution >= 0.6 is 22.6 Å². The Labute approximate surface area is 181 Å². The molecule has 0 aromatic rings. The van der Waals surface area contributed by atoms with Crippen LogP contribution in [0.1, 0.15) is 25.7 Å². The van der Waals surface area contributed by atoms with E-state index in [1.807, 2.05) is 0 Å². The number of ether oxygens (including phenoxy) is 5. The van der Waals surface area contributed by atoms with E-state index in [0.717, 1.165) is 13.0 Å². The van der Waals surface area contributed by atoms with E-state index in [4.69, 9.17) is 28.1 Å². The minimum Gasteiger partial charge on any atom is -0.415 e.